The van der Waals surface area contributed by atoms with E-state index in [0.29, 0.717) is 18.8 Å². The average molecular weight is 298 g/mol. The van der Waals surface area contributed by atoms with E-state index in [2.05, 4.69) is 10.2 Å². The molecule has 1 aliphatic rings. The fraction of sp³-hybridized carbons (Fsp3) is 0.312. The number of rotatable bonds is 3. The van der Waals surface area contributed by atoms with Crippen LogP contribution in [0.1, 0.15) is 23.3 Å². The maximum Gasteiger partial charge on any atom is 0.271 e. The number of carbonyl (C=O) groups is 2. The summed E-state index contributed by atoms with van der Waals surface area (Å²) < 4.78 is 0. The number of nitrogens with one attached hydrogen (secondary N) is 1. The van der Waals surface area contributed by atoms with Gasteiger partial charge >= 0.3 is 0 Å². The summed E-state index contributed by atoms with van der Waals surface area (Å²) in [5.74, 6) is -0.734. The van der Waals surface area contributed by atoms with Crippen molar-refractivity contribution >= 4 is 11.8 Å². The molecule has 2 amide bonds. The number of benzene rings is 1. The fourth-order valence-electron chi connectivity index (χ4n) is 2.75. The van der Waals surface area contributed by atoms with Crippen LogP contribution in [0.25, 0.3) is 11.3 Å². The maximum absolute atomic E-state index is 12.5. The van der Waals surface area contributed by atoms with Crippen LogP contribution in [0.2, 0.25) is 0 Å². The van der Waals surface area contributed by atoms with Crippen LogP contribution in [0.3, 0.4) is 0 Å². The predicted octanol–water partition coefficient (Wildman–Crippen LogP) is 1.41. The molecule has 0 radical (unpaired) electrons. The molecule has 0 spiro atoms. The number of hydrogen-bond acceptors (Lipinski definition) is 3. The summed E-state index contributed by atoms with van der Waals surface area (Å²) in [6.45, 7) is 1.02. The molecule has 1 fully saturated rings. The van der Waals surface area contributed by atoms with Crippen molar-refractivity contribution in [1.29, 1.82) is 0 Å². The summed E-state index contributed by atoms with van der Waals surface area (Å²) in [4.78, 5) is 25.5. The highest BCUT2D eigenvalue weighted by atomic mass is 16.2. The van der Waals surface area contributed by atoms with Gasteiger partial charge in [-0.3, -0.25) is 14.7 Å². The Kier molecular flexibility index (Phi) is 3.91. The van der Waals surface area contributed by atoms with Crippen molar-refractivity contribution in [2.45, 2.75) is 12.8 Å². The Morgan fingerprint density at radius 1 is 1.27 bits per heavy atom. The second-order valence-electron chi connectivity index (χ2n) is 5.53. The minimum Gasteiger partial charge on any atom is -0.369 e. The summed E-state index contributed by atoms with van der Waals surface area (Å²) in [5, 5.41) is 6.98. The van der Waals surface area contributed by atoms with Gasteiger partial charge in [0, 0.05) is 18.7 Å². The van der Waals surface area contributed by atoms with E-state index in [-0.39, 0.29) is 17.7 Å². The maximum atomic E-state index is 12.5. The third-order valence-corrected chi connectivity index (χ3v) is 3.99. The van der Waals surface area contributed by atoms with E-state index in [0.717, 1.165) is 24.1 Å². The molecule has 6 heteroatoms. The number of carbonyl (C=O) groups excluding carboxylic acids is 2. The number of aromatic nitrogens is 2. The molecule has 2 aromatic rings. The molecular weight excluding hydrogens is 280 g/mol. The molecule has 1 unspecified atom stereocenters. The van der Waals surface area contributed by atoms with E-state index >= 15 is 0 Å². The van der Waals surface area contributed by atoms with E-state index in [1.807, 2.05) is 30.3 Å². The number of amides is 2. The number of hydrogen-bond donors (Lipinski definition) is 2. The minimum absolute atomic E-state index is 0.138. The van der Waals surface area contributed by atoms with Crippen molar-refractivity contribution < 1.29 is 9.59 Å². The van der Waals surface area contributed by atoms with Crippen LogP contribution in [0.5, 0.6) is 0 Å². The number of likely N-dealkylation sites (tertiary alicyclic amines) is 1. The predicted molar refractivity (Wildman–Crippen MR) is 81.8 cm³/mol. The van der Waals surface area contributed by atoms with Crippen LogP contribution in [-0.4, -0.2) is 40.0 Å². The van der Waals surface area contributed by atoms with Crippen LogP contribution in [-0.2, 0) is 4.79 Å². The molecule has 114 valence electrons. The van der Waals surface area contributed by atoms with Crippen molar-refractivity contribution in [1.82, 2.24) is 15.1 Å². The zero-order valence-corrected chi connectivity index (χ0v) is 12.2. The van der Waals surface area contributed by atoms with Crippen LogP contribution < -0.4 is 5.73 Å². The van der Waals surface area contributed by atoms with Crippen molar-refractivity contribution in [2.24, 2.45) is 11.7 Å². The first-order chi connectivity index (χ1) is 10.6. The average Bonchev–Trinajstić information content (AvgIpc) is 3.05. The number of H-pyrrole nitrogens is 1. The van der Waals surface area contributed by atoms with Gasteiger partial charge in [-0.2, -0.15) is 5.10 Å². The molecule has 1 aromatic heterocycles. The number of aromatic amines is 1. The number of piperidine rings is 1. The molecule has 22 heavy (non-hydrogen) atoms. The molecule has 1 atom stereocenters. The van der Waals surface area contributed by atoms with Crippen LogP contribution in [0.15, 0.2) is 36.4 Å². The lowest BCUT2D eigenvalue weighted by atomic mass is 9.97. The summed E-state index contributed by atoms with van der Waals surface area (Å²) in [7, 11) is 0. The number of nitrogens with two attached hydrogens (primary N) is 1. The van der Waals surface area contributed by atoms with E-state index in [1.165, 1.54) is 0 Å². The highest BCUT2D eigenvalue weighted by Crippen LogP contribution is 2.21. The lowest BCUT2D eigenvalue weighted by Crippen LogP contribution is -2.44. The molecule has 2 heterocycles. The SMILES string of the molecule is NC(=O)C1CCCN(C(=O)c2cc(-c3ccccc3)n[nH]2)C1. The first-order valence-corrected chi connectivity index (χ1v) is 7.34. The topological polar surface area (TPSA) is 92.1 Å². The first-order valence-electron chi connectivity index (χ1n) is 7.34. The summed E-state index contributed by atoms with van der Waals surface area (Å²) >= 11 is 0. The second-order valence-corrected chi connectivity index (χ2v) is 5.53. The van der Waals surface area contributed by atoms with Crippen LogP contribution >= 0.6 is 0 Å². The molecule has 1 aliphatic heterocycles. The molecule has 1 aromatic carbocycles. The molecular formula is C16H18N4O2. The number of primary amides is 1. The Morgan fingerprint density at radius 3 is 2.77 bits per heavy atom. The molecule has 0 bridgehead atoms. The lowest BCUT2D eigenvalue weighted by molar-refractivity contribution is -0.123. The summed E-state index contributed by atoms with van der Waals surface area (Å²) in [6.07, 6.45) is 1.54. The van der Waals surface area contributed by atoms with Gasteiger partial charge in [-0.15, -0.1) is 0 Å². The van der Waals surface area contributed by atoms with Gasteiger partial charge < -0.3 is 10.6 Å². The minimum atomic E-state index is -0.341. The Bertz CT molecular complexity index is 680. The van der Waals surface area contributed by atoms with Crippen molar-refractivity contribution in [3.63, 3.8) is 0 Å². The molecule has 3 rings (SSSR count). The lowest BCUT2D eigenvalue weighted by Gasteiger charge is -2.30. The van der Waals surface area contributed by atoms with Gasteiger partial charge in [-0.25, -0.2) is 0 Å². The fourth-order valence-corrected chi connectivity index (χ4v) is 2.75. The standard InChI is InChI=1S/C16H18N4O2/c17-15(21)12-7-4-8-20(10-12)16(22)14-9-13(18-19-14)11-5-2-1-3-6-11/h1-3,5-6,9,12H,4,7-8,10H2,(H2,17,21)(H,18,19). The van der Waals surface area contributed by atoms with E-state index in [1.54, 1.807) is 11.0 Å². The third-order valence-electron chi connectivity index (χ3n) is 3.99. The molecule has 3 N–H and O–H groups in total. The van der Waals surface area contributed by atoms with Gasteiger partial charge in [0.05, 0.1) is 11.6 Å². The largest absolute Gasteiger partial charge is 0.369 e. The zero-order chi connectivity index (χ0) is 15.5. The monoisotopic (exact) mass is 298 g/mol. The quantitative estimate of drug-likeness (QED) is 0.897. The Hall–Kier alpha value is -2.63. The second kappa shape index (κ2) is 6.01. The highest BCUT2D eigenvalue weighted by Gasteiger charge is 2.28. The van der Waals surface area contributed by atoms with Gasteiger partial charge in [0.15, 0.2) is 0 Å². The molecule has 0 aliphatic carbocycles. The van der Waals surface area contributed by atoms with E-state index in [4.69, 9.17) is 5.73 Å². The van der Waals surface area contributed by atoms with Gasteiger partial charge in [0.25, 0.3) is 5.91 Å². The molecule has 0 saturated carbocycles. The van der Waals surface area contributed by atoms with Crippen LogP contribution in [0.4, 0.5) is 0 Å². The third kappa shape index (κ3) is 2.86. The van der Waals surface area contributed by atoms with Gasteiger partial charge in [0.1, 0.15) is 5.69 Å². The van der Waals surface area contributed by atoms with Gasteiger partial charge in [0.2, 0.25) is 5.91 Å². The van der Waals surface area contributed by atoms with Gasteiger partial charge in [-0.1, -0.05) is 30.3 Å². The van der Waals surface area contributed by atoms with Crippen molar-refractivity contribution in [2.75, 3.05) is 13.1 Å². The summed E-state index contributed by atoms with van der Waals surface area (Å²) in [6, 6.07) is 11.4. The Balaban J connectivity index is 1.76. The van der Waals surface area contributed by atoms with Crippen molar-refractivity contribution in [3.05, 3.63) is 42.1 Å². The summed E-state index contributed by atoms with van der Waals surface area (Å²) in [5.41, 5.74) is 7.47. The zero-order valence-electron chi connectivity index (χ0n) is 12.2. The van der Waals surface area contributed by atoms with E-state index < -0.39 is 0 Å². The number of nitrogens with zero attached hydrogens (tertiary/aromatic N) is 2. The molecule has 6 nitrogen and oxygen atoms in total. The Morgan fingerprint density at radius 2 is 2.05 bits per heavy atom. The smallest absolute Gasteiger partial charge is 0.271 e. The van der Waals surface area contributed by atoms with Gasteiger partial charge in [-0.05, 0) is 18.9 Å². The highest BCUT2D eigenvalue weighted by molar-refractivity contribution is 5.94. The Labute approximate surface area is 128 Å². The molecule has 1 saturated heterocycles. The van der Waals surface area contributed by atoms with Crippen molar-refractivity contribution in [3.8, 4) is 11.3 Å². The van der Waals surface area contributed by atoms with E-state index in [9.17, 15) is 9.59 Å². The van der Waals surface area contributed by atoms with Crippen LogP contribution in [0, 0.1) is 5.92 Å². The first kappa shape index (κ1) is 14.3. The normalized spacial score (nSPS) is 18.2.